The predicted octanol–water partition coefficient (Wildman–Crippen LogP) is 2.15. The number of alkyl halides is 3. The predicted molar refractivity (Wildman–Crippen MR) is 107 cm³/mol. The average Bonchev–Trinajstić information content (AvgIpc) is 3.13. The van der Waals surface area contributed by atoms with Crippen molar-refractivity contribution in [1.29, 1.82) is 0 Å². The molecule has 1 N–H and O–H groups in total. The third kappa shape index (κ3) is 2.91. The first-order chi connectivity index (χ1) is 15.1. The number of benzene rings is 1. The highest BCUT2D eigenvalue weighted by Gasteiger charge is 2.33. The second kappa shape index (κ2) is 6.64. The normalized spacial score (nSPS) is 12.2. The van der Waals surface area contributed by atoms with Crippen LogP contribution in [0, 0.1) is 0 Å². The van der Waals surface area contributed by atoms with E-state index in [0.717, 1.165) is 15.2 Å². The first-order valence-electron chi connectivity index (χ1n) is 9.23. The van der Waals surface area contributed by atoms with Gasteiger partial charge in [-0.05, 0) is 24.3 Å². The fourth-order valence-corrected chi connectivity index (χ4v) is 3.54. The SMILES string of the molecule is Cn1c(=O)n(Cc2nc3c(oc4ccccc43)c(=O)[nH]2)c(=O)c2ccc(C(F)(F)F)nc21. The molecule has 0 unspecified atom stereocenters. The Morgan fingerprint density at radius 1 is 1.03 bits per heavy atom. The van der Waals surface area contributed by atoms with Crippen LogP contribution < -0.4 is 16.8 Å². The van der Waals surface area contributed by atoms with Gasteiger partial charge in [-0.2, -0.15) is 13.2 Å². The molecule has 0 aliphatic carbocycles. The Bertz CT molecular complexity index is 1730. The van der Waals surface area contributed by atoms with E-state index in [-0.39, 0.29) is 22.3 Å². The van der Waals surface area contributed by atoms with E-state index in [1.54, 1.807) is 24.3 Å². The van der Waals surface area contributed by atoms with E-state index in [9.17, 15) is 27.6 Å². The van der Waals surface area contributed by atoms with E-state index in [4.69, 9.17) is 4.42 Å². The first kappa shape index (κ1) is 19.7. The van der Waals surface area contributed by atoms with Crippen LogP contribution in [-0.4, -0.2) is 24.1 Å². The molecule has 0 bridgehead atoms. The van der Waals surface area contributed by atoms with Crippen molar-refractivity contribution >= 4 is 33.1 Å². The smallest absolute Gasteiger partial charge is 0.433 e. The molecule has 5 rings (SSSR count). The summed E-state index contributed by atoms with van der Waals surface area (Å²) in [6.45, 7) is -0.410. The van der Waals surface area contributed by atoms with Gasteiger partial charge in [0.1, 0.15) is 28.3 Å². The van der Waals surface area contributed by atoms with Crippen molar-refractivity contribution < 1.29 is 17.6 Å². The van der Waals surface area contributed by atoms with Crippen LogP contribution in [-0.2, 0) is 19.8 Å². The van der Waals surface area contributed by atoms with Crippen LogP contribution in [0.1, 0.15) is 11.5 Å². The summed E-state index contributed by atoms with van der Waals surface area (Å²) < 4.78 is 46.1. The Morgan fingerprint density at radius 3 is 2.53 bits per heavy atom. The molecule has 0 aliphatic heterocycles. The molecule has 0 fully saturated rings. The molecule has 162 valence electrons. The summed E-state index contributed by atoms with van der Waals surface area (Å²) >= 11 is 0. The van der Waals surface area contributed by atoms with E-state index in [2.05, 4.69) is 15.0 Å². The molecular weight excluding hydrogens is 431 g/mol. The number of hydrogen-bond donors (Lipinski definition) is 1. The summed E-state index contributed by atoms with van der Waals surface area (Å²) in [7, 11) is 1.21. The number of fused-ring (bicyclic) bond motifs is 4. The van der Waals surface area contributed by atoms with Crippen molar-refractivity contribution in [3.63, 3.8) is 0 Å². The second-order valence-electron chi connectivity index (χ2n) is 7.09. The molecule has 0 radical (unpaired) electrons. The van der Waals surface area contributed by atoms with Gasteiger partial charge in [-0.25, -0.2) is 14.8 Å². The fourth-order valence-electron chi connectivity index (χ4n) is 3.54. The molecule has 0 aliphatic rings. The zero-order chi connectivity index (χ0) is 22.8. The summed E-state index contributed by atoms with van der Waals surface area (Å²) in [5, 5.41) is 0.398. The van der Waals surface area contributed by atoms with Gasteiger partial charge >= 0.3 is 11.9 Å². The first-order valence-corrected chi connectivity index (χ1v) is 9.23. The second-order valence-corrected chi connectivity index (χ2v) is 7.09. The van der Waals surface area contributed by atoms with E-state index in [1.165, 1.54) is 7.05 Å². The van der Waals surface area contributed by atoms with Crippen molar-refractivity contribution in [2.24, 2.45) is 7.05 Å². The van der Waals surface area contributed by atoms with Crippen LogP contribution in [0.15, 0.2) is 55.2 Å². The molecule has 9 nitrogen and oxygen atoms in total. The third-order valence-corrected chi connectivity index (χ3v) is 5.06. The molecule has 12 heteroatoms. The monoisotopic (exact) mass is 443 g/mol. The van der Waals surface area contributed by atoms with Crippen molar-refractivity contribution in [2.75, 3.05) is 0 Å². The van der Waals surface area contributed by atoms with Gasteiger partial charge < -0.3 is 9.40 Å². The summed E-state index contributed by atoms with van der Waals surface area (Å²) in [4.78, 5) is 48.3. The lowest BCUT2D eigenvalue weighted by Gasteiger charge is -2.12. The summed E-state index contributed by atoms with van der Waals surface area (Å²) in [6.07, 6.45) is -4.73. The molecule has 4 heterocycles. The number of halogens is 3. The number of H-pyrrole nitrogens is 1. The van der Waals surface area contributed by atoms with Crippen LogP contribution in [0.4, 0.5) is 13.2 Å². The molecule has 4 aromatic heterocycles. The van der Waals surface area contributed by atoms with Gasteiger partial charge in [0.05, 0.1) is 11.9 Å². The minimum absolute atomic E-state index is 0.00223. The average molecular weight is 443 g/mol. The number of aromatic nitrogens is 5. The number of nitrogens with one attached hydrogen (secondary N) is 1. The lowest BCUT2D eigenvalue weighted by atomic mass is 10.2. The van der Waals surface area contributed by atoms with Gasteiger partial charge in [0.2, 0.25) is 5.58 Å². The Kier molecular flexibility index (Phi) is 4.09. The van der Waals surface area contributed by atoms with Crippen LogP contribution in [0.2, 0.25) is 0 Å². The van der Waals surface area contributed by atoms with E-state index in [0.29, 0.717) is 17.0 Å². The number of furan rings is 1. The van der Waals surface area contributed by atoms with Crippen molar-refractivity contribution in [3.8, 4) is 0 Å². The number of pyridine rings is 1. The fraction of sp³-hybridized carbons (Fsp3) is 0.150. The minimum Gasteiger partial charge on any atom is -0.449 e. The molecule has 0 amide bonds. The van der Waals surface area contributed by atoms with Crippen LogP contribution in [0.25, 0.3) is 33.1 Å². The maximum atomic E-state index is 13.0. The molecule has 0 saturated carbocycles. The molecule has 32 heavy (non-hydrogen) atoms. The Morgan fingerprint density at radius 2 is 1.78 bits per heavy atom. The summed E-state index contributed by atoms with van der Waals surface area (Å²) in [5.74, 6) is 0.00692. The number of rotatable bonds is 2. The number of aryl methyl sites for hydroxylation is 1. The van der Waals surface area contributed by atoms with Crippen molar-refractivity contribution in [2.45, 2.75) is 12.7 Å². The zero-order valence-corrected chi connectivity index (χ0v) is 16.2. The molecular formula is C20H12F3N5O4. The van der Waals surface area contributed by atoms with Crippen LogP contribution in [0.3, 0.4) is 0 Å². The maximum absolute atomic E-state index is 13.0. The Hall–Kier alpha value is -4.22. The molecule has 0 saturated heterocycles. The van der Waals surface area contributed by atoms with E-state index in [1.807, 2.05) is 0 Å². The zero-order valence-electron chi connectivity index (χ0n) is 16.2. The largest absolute Gasteiger partial charge is 0.449 e. The Labute approximate surface area is 174 Å². The lowest BCUT2D eigenvalue weighted by Crippen LogP contribution is -2.40. The minimum atomic E-state index is -4.73. The van der Waals surface area contributed by atoms with Crippen LogP contribution >= 0.6 is 0 Å². The molecule has 0 spiro atoms. The van der Waals surface area contributed by atoms with Gasteiger partial charge in [-0.3, -0.25) is 18.7 Å². The van der Waals surface area contributed by atoms with Gasteiger partial charge in [-0.15, -0.1) is 0 Å². The number of nitrogens with zero attached hydrogens (tertiary/aromatic N) is 4. The Balaban J connectivity index is 1.70. The van der Waals surface area contributed by atoms with Gasteiger partial charge in [0.25, 0.3) is 11.1 Å². The summed E-state index contributed by atoms with van der Waals surface area (Å²) in [5.41, 5.74) is -3.27. The standard InChI is InChI=1S/C20H12F3N5O4/c1-27-16-10(6-7-12(24-16)20(21,22)23)18(30)28(19(27)31)8-13-25-14-9-4-2-3-5-11(9)32-15(14)17(29)26-13/h2-7H,8H2,1H3,(H,25,26,29). The highest BCUT2D eigenvalue weighted by Crippen LogP contribution is 2.28. The van der Waals surface area contributed by atoms with Gasteiger partial charge in [-0.1, -0.05) is 12.1 Å². The third-order valence-electron chi connectivity index (χ3n) is 5.06. The van der Waals surface area contributed by atoms with Crippen molar-refractivity contribution in [1.82, 2.24) is 24.1 Å². The number of aromatic amines is 1. The van der Waals surface area contributed by atoms with Gasteiger partial charge in [0.15, 0.2) is 0 Å². The highest BCUT2D eigenvalue weighted by atomic mass is 19.4. The number of hydrogen-bond acceptors (Lipinski definition) is 6. The summed E-state index contributed by atoms with van der Waals surface area (Å²) in [6, 6.07) is 8.49. The van der Waals surface area contributed by atoms with Gasteiger partial charge in [0, 0.05) is 12.4 Å². The maximum Gasteiger partial charge on any atom is 0.433 e. The number of para-hydroxylation sites is 1. The topological polar surface area (TPSA) is 116 Å². The van der Waals surface area contributed by atoms with E-state index < -0.39 is 40.9 Å². The quantitative estimate of drug-likeness (QED) is 0.447. The molecule has 5 aromatic rings. The van der Waals surface area contributed by atoms with E-state index >= 15 is 0 Å². The van der Waals surface area contributed by atoms with Crippen molar-refractivity contribution in [3.05, 3.63) is 79.1 Å². The molecule has 1 aromatic carbocycles. The van der Waals surface area contributed by atoms with Crippen LogP contribution in [0.5, 0.6) is 0 Å². The lowest BCUT2D eigenvalue weighted by molar-refractivity contribution is -0.141. The highest BCUT2D eigenvalue weighted by molar-refractivity contribution is 6.01. The molecule has 0 atom stereocenters.